The molecule has 0 unspecified atom stereocenters. The molecule has 0 aliphatic rings. The molecular formula is C5H12. The van der Waals surface area contributed by atoms with Crippen LogP contribution in [0.4, 0.5) is 0 Å². The van der Waals surface area contributed by atoms with E-state index < -0.39 is 0 Å². The SMILES string of the molecule is CCC[13CH2][13CH3]. The van der Waals surface area contributed by atoms with Crippen molar-refractivity contribution in [2.24, 2.45) is 0 Å². The molecule has 0 N–H and O–H groups in total. The smallest absolute Gasteiger partial charge is 0.0538 e. The Morgan fingerprint density at radius 1 is 1.00 bits per heavy atom. The van der Waals surface area contributed by atoms with Crippen LogP contribution in [0.25, 0.3) is 0 Å². The highest BCUT2D eigenvalue weighted by molar-refractivity contribution is 4.24. The average molecular weight is 74.1 g/mol. The number of hydrogen-bond acceptors (Lipinski definition) is 0. The minimum Gasteiger partial charge on any atom is -0.0654 e. The summed E-state index contributed by atoms with van der Waals surface area (Å²) < 4.78 is 0. The first-order valence-electron chi connectivity index (χ1n) is 2.41. The second kappa shape index (κ2) is 4.00. The Morgan fingerprint density at radius 3 is 1.40 bits per heavy atom. The Labute approximate surface area is 34.2 Å². The highest BCUT2D eigenvalue weighted by Gasteiger charge is 1.68. The van der Waals surface area contributed by atoms with Gasteiger partial charge in [-0.15, -0.1) is 0 Å². The van der Waals surface area contributed by atoms with Crippen molar-refractivity contribution in [3.05, 3.63) is 0 Å². The monoisotopic (exact) mass is 74.1 g/mol. The molecule has 0 fully saturated rings. The highest BCUT2D eigenvalue weighted by Crippen LogP contribution is 1.88. The van der Waals surface area contributed by atoms with Crippen molar-refractivity contribution in [1.29, 1.82) is 0 Å². The number of rotatable bonds is 2. The summed E-state index contributed by atoms with van der Waals surface area (Å²) in [6, 6.07) is 0. The fourth-order valence-electron chi connectivity index (χ4n) is 0.354. The van der Waals surface area contributed by atoms with Crippen molar-refractivity contribution in [3.63, 3.8) is 0 Å². The van der Waals surface area contributed by atoms with Crippen LogP contribution in [-0.2, 0) is 0 Å². The van der Waals surface area contributed by atoms with Gasteiger partial charge in [-0.05, 0) is 0 Å². The summed E-state index contributed by atoms with van der Waals surface area (Å²) in [6.07, 6.45) is 4.08. The standard InChI is InChI=1S/C5H12/c1-3-5-4-2/h3-5H2,1-2H3/i1+1,3+1. The maximum atomic E-state index is 2.21. The molecule has 0 saturated heterocycles. The van der Waals surface area contributed by atoms with Crippen LogP contribution in [0, 0.1) is 0 Å². The van der Waals surface area contributed by atoms with Gasteiger partial charge in [0.05, 0.1) is 0 Å². The van der Waals surface area contributed by atoms with E-state index in [9.17, 15) is 0 Å². The Morgan fingerprint density at radius 2 is 1.40 bits per heavy atom. The van der Waals surface area contributed by atoms with Gasteiger partial charge in [0.1, 0.15) is 0 Å². The number of hydrogen-bond donors (Lipinski definition) is 0. The molecule has 0 rings (SSSR count). The normalized spacial score (nSPS) is 8.40. The van der Waals surface area contributed by atoms with E-state index in [-0.39, 0.29) is 0 Å². The van der Waals surface area contributed by atoms with E-state index in [4.69, 9.17) is 0 Å². The second-order valence-electron chi connectivity index (χ2n) is 1.35. The van der Waals surface area contributed by atoms with Gasteiger partial charge in [0.15, 0.2) is 0 Å². The molecule has 0 saturated carbocycles. The summed E-state index contributed by atoms with van der Waals surface area (Å²) in [7, 11) is 0. The zero-order valence-electron chi connectivity index (χ0n) is 4.12. The van der Waals surface area contributed by atoms with E-state index in [1.165, 1.54) is 19.3 Å². The summed E-state index contributed by atoms with van der Waals surface area (Å²) in [6.45, 7) is 4.42. The highest BCUT2D eigenvalue weighted by atomic mass is 14.3. The molecule has 5 heavy (non-hydrogen) atoms. The van der Waals surface area contributed by atoms with E-state index in [2.05, 4.69) is 13.8 Å². The van der Waals surface area contributed by atoms with Crippen molar-refractivity contribution in [3.8, 4) is 0 Å². The van der Waals surface area contributed by atoms with Gasteiger partial charge >= 0.3 is 0 Å². The molecular weight excluding hydrogens is 62.0 g/mol. The first-order valence-corrected chi connectivity index (χ1v) is 2.41. The Balaban J connectivity index is 2.19. The molecule has 0 bridgehead atoms. The van der Waals surface area contributed by atoms with Crippen molar-refractivity contribution in [1.82, 2.24) is 0 Å². The Hall–Kier alpha value is 0. The van der Waals surface area contributed by atoms with Gasteiger partial charge in [0, 0.05) is 0 Å². The van der Waals surface area contributed by atoms with Crippen molar-refractivity contribution >= 4 is 0 Å². The third-order valence-electron chi connectivity index (χ3n) is 0.707. The summed E-state index contributed by atoms with van der Waals surface area (Å²) in [5.74, 6) is 0. The molecule has 0 aromatic heterocycles. The van der Waals surface area contributed by atoms with Crippen molar-refractivity contribution < 1.29 is 0 Å². The van der Waals surface area contributed by atoms with Crippen LogP contribution in [0.1, 0.15) is 33.1 Å². The minimum absolute atomic E-state index is 1.34. The van der Waals surface area contributed by atoms with E-state index in [0.717, 1.165) is 0 Å². The van der Waals surface area contributed by atoms with E-state index in [1.807, 2.05) is 0 Å². The zero-order chi connectivity index (χ0) is 4.12. The van der Waals surface area contributed by atoms with Crippen molar-refractivity contribution in [2.75, 3.05) is 0 Å². The fraction of sp³-hybridized carbons (Fsp3) is 1.00. The lowest BCUT2D eigenvalue weighted by Crippen LogP contribution is -1.59. The first-order chi connectivity index (χ1) is 2.41. The Kier molecular flexibility index (Phi) is 4.00. The molecule has 0 atom stereocenters. The van der Waals surface area contributed by atoms with Gasteiger partial charge in [-0.25, -0.2) is 0 Å². The first kappa shape index (κ1) is 5.00. The topological polar surface area (TPSA) is 0 Å². The lowest BCUT2D eigenvalue weighted by atomic mass is 10.5. The maximum absolute atomic E-state index is 2.21. The predicted molar refractivity (Wildman–Crippen MR) is 25.2 cm³/mol. The van der Waals surface area contributed by atoms with Crippen molar-refractivity contribution in [2.45, 2.75) is 33.1 Å². The molecule has 32 valence electrons. The van der Waals surface area contributed by atoms with Crippen LogP contribution >= 0.6 is 0 Å². The lowest BCUT2D eigenvalue weighted by molar-refractivity contribution is 0.772. The molecule has 0 aliphatic heterocycles. The van der Waals surface area contributed by atoms with Gasteiger partial charge in [0.25, 0.3) is 0 Å². The molecule has 0 amide bonds. The minimum atomic E-state index is 1.34. The molecule has 0 aromatic carbocycles. The molecule has 0 heteroatoms. The van der Waals surface area contributed by atoms with E-state index in [0.29, 0.717) is 0 Å². The summed E-state index contributed by atoms with van der Waals surface area (Å²) in [5, 5.41) is 0. The zero-order valence-corrected chi connectivity index (χ0v) is 4.12. The largest absolute Gasteiger partial charge is 0.0654 e. The molecule has 0 spiro atoms. The van der Waals surface area contributed by atoms with Gasteiger partial charge < -0.3 is 0 Å². The summed E-state index contributed by atoms with van der Waals surface area (Å²) in [5.41, 5.74) is 0. The summed E-state index contributed by atoms with van der Waals surface area (Å²) >= 11 is 0. The average Bonchev–Trinajstić information content (AvgIpc) is 1.41. The second-order valence-corrected chi connectivity index (χ2v) is 1.35. The lowest BCUT2D eigenvalue weighted by Gasteiger charge is -1.79. The van der Waals surface area contributed by atoms with Crippen LogP contribution in [0.15, 0.2) is 0 Å². The van der Waals surface area contributed by atoms with Crippen LogP contribution < -0.4 is 0 Å². The fourth-order valence-corrected chi connectivity index (χ4v) is 0.354. The van der Waals surface area contributed by atoms with E-state index >= 15 is 0 Å². The van der Waals surface area contributed by atoms with Crippen LogP contribution in [-0.4, -0.2) is 0 Å². The molecule has 0 aromatic rings. The van der Waals surface area contributed by atoms with Gasteiger partial charge in [0.2, 0.25) is 0 Å². The molecule has 0 heterocycles. The number of unbranched alkanes of at least 4 members (excludes halogenated alkanes) is 2. The van der Waals surface area contributed by atoms with Gasteiger partial charge in [-0.3, -0.25) is 0 Å². The summed E-state index contributed by atoms with van der Waals surface area (Å²) in [4.78, 5) is 0. The third kappa shape index (κ3) is 4.00. The van der Waals surface area contributed by atoms with Gasteiger partial charge in [-0.2, -0.15) is 0 Å². The van der Waals surface area contributed by atoms with Crippen LogP contribution in [0.3, 0.4) is 0 Å². The van der Waals surface area contributed by atoms with Crippen LogP contribution in [0.2, 0.25) is 0 Å². The molecule has 0 nitrogen and oxygen atoms in total. The van der Waals surface area contributed by atoms with Crippen LogP contribution in [0.5, 0.6) is 0 Å². The maximum Gasteiger partial charge on any atom is -0.0538 e. The molecule has 0 aliphatic carbocycles. The quantitative estimate of drug-likeness (QED) is 0.440. The molecule has 0 radical (unpaired) electrons. The Bertz CT molecular complexity index is 7.51. The van der Waals surface area contributed by atoms with E-state index in [1.54, 1.807) is 0 Å². The third-order valence-corrected chi connectivity index (χ3v) is 0.707. The predicted octanol–water partition coefficient (Wildman–Crippen LogP) is 2.20. The van der Waals surface area contributed by atoms with Gasteiger partial charge in [-0.1, -0.05) is 33.1 Å².